The molecule has 0 aromatic carbocycles. The molecule has 0 radical (unpaired) electrons. The molecular formula is C48H61N3O. The maximum atomic E-state index is 10.4. The van der Waals surface area contributed by atoms with Gasteiger partial charge in [0, 0.05) is 34.9 Å². The second-order valence-corrected chi connectivity index (χ2v) is 18.4. The van der Waals surface area contributed by atoms with Gasteiger partial charge in [0.05, 0.1) is 12.0 Å². The lowest BCUT2D eigenvalue weighted by molar-refractivity contribution is -0.0524. The fourth-order valence-corrected chi connectivity index (χ4v) is 13.9. The number of ether oxygens (including phenoxy) is 1. The van der Waals surface area contributed by atoms with Crippen LogP contribution in [0.5, 0.6) is 0 Å². The number of nitrogens with zero attached hydrogens (tertiary/aromatic N) is 2. The number of allylic oxidation sites excluding steroid dienone is 11. The summed E-state index contributed by atoms with van der Waals surface area (Å²) >= 11 is 0. The number of hydrogen-bond donors (Lipinski definition) is 1. The molecule has 0 amide bonds. The molecule has 4 nitrogen and oxygen atoms in total. The lowest BCUT2D eigenvalue weighted by atomic mass is 9.52. The van der Waals surface area contributed by atoms with Gasteiger partial charge in [-0.3, -0.25) is 10.3 Å². The first-order valence-corrected chi connectivity index (χ1v) is 22.0. The molecule has 12 atom stereocenters. The Bertz CT molecular complexity index is 1690. The monoisotopic (exact) mass is 695 g/mol. The van der Waals surface area contributed by atoms with Crippen molar-refractivity contribution in [3.05, 3.63) is 83.2 Å². The van der Waals surface area contributed by atoms with Gasteiger partial charge in [-0.05, 0) is 138 Å². The molecule has 4 heteroatoms. The molecule has 8 aliphatic carbocycles. The first-order valence-electron chi connectivity index (χ1n) is 22.0. The predicted octanol–water partition coefficient (Wildman–Crippen LogP) is 11.0. The van der Waals surface area contributed by atoms with E-state index in [9.17, 15) is 5.26 Å². The highest BCUT2D eigenvalue weighted by Crippen LogP contribution is 2.72. The van der Waals surface area contributed by atoms with Crippen molar-refractivity contribution in [3.8, 4) is 6.07 Å². The standard InChI is InChI=1S/C48H61N3O/c49-30-31-27-28-35-40(29-31)48(37-22-10-12-25-41(37)52-42-26-13-11-23-38(42)48)39-24-14-21-36(44(35)39)46-43(32-15-4-1-5-16-32)45(33-17-6-2-7-18-33)50-47(51-46)34-19-8-3-9-20-34/h6,12,14-15,17,21,24-25,27-28,31,33-36,38,40,42-45,47,50H,1-5,7-11,13,16,18-20,22-23,26,29H2. The fourth-order valence-electron chi connectivity index (χ4n) is 13.9. The molecule has 1 spiro atoms. The van der Waals surface area contributed by atoms with Crippen LogP contribution in [0, 0.1) is 70.0 Å². The van der Waals surface area contributed by atoms with Gasteiger partial charge < -0.3 is 4.74 Å². The minimum Gasteiger partial charge on any atom is -0.490 e. The summed E-state index contributed by atoms with van der Waals surface area (Å²) in [6.45, 7) is 0. The number of hydrogen-bond acceptors (Lipinski definition) is 4. The summed E-state index contributed by atoms with van der Waals surface area (Å²) in [7, 11) is 0. The van der Waals surface area contributed by atoms with E-state index in [1.807, 2.05) is 0 Å². The summed E-state index contributed by atoms with van der Waals surface area (Å²) < 4.78 is 7.01. The highest BCUT2D eigenvalue weighted by atomic mass is 16.5. The third kappa shape index (κ3) is 5.40. The molecule has 10 rings (SSSR count). The van der Waals surface area contributed by atoms with Crippen LogP contribution in [0.2, 0.25) is 0 Å². The van der Waals surface area contributed by atoms with Crippen LogP contribution < -0.4 is 5.32 Å². The van der Waals surface area contributed by atoms with Crippen LogP contribution in [0.15, 0.2) is 88.2 Å². The van der Waals surface area contributed by atoms with Gasteiger partial charge in [0.2, 0.25) is 0 Å². The Kier molecular flexibility index (Phi) is 9.10. The Morgan fingerprint density at radius 3 is 2.58 bits per heavy atom. The Morgan fingerprint density at radius 2 is 1.73 bits per heavy atom. The molecular weight excluding hydrogens is 635 g/mol. The van der Waals surface area contributed by atoms with Crippen molar-refractivity contribution in [2.45, 2.75) is 140 Å². The number of nitriles is 1. The zero-order valence-corrected chi connectivity index (χ0v) is 31.4. The van der Waals surface area contributed by atoms with Crippen LogP contribution in [-0.2, 0) is 4.74 Å². The van der Waals surface area contributed by atoms with Gasteiger partial charge >= 0.3 is 0 Å². The van der Waals surface area contributed by atoms with E-state index in [0.717, 1.165) is 25.7 Å². The van der Waals surface area contributed by atoms with E-state index in [0.29, 0.717) is 53.4 Å². The van der Waals surface area contributed by atoms with Crippen molar-refractivity contribution >= 4 is 5.71 Å². The van der Waals surface area contributed by atoms with E-state index < -0.39 is 0 Å². The summed E-state index contributed by atoms with van der Waals surface area (Å²) in [5.74, 6) is 4.78. The number of rotatable bonds is 4. The summed E-state index contributed by atoms with van der Waals surface area (Å²) in [4.78, 5) is 6.09. The summed E-state index contributed by atoms with van der Waals surface area (Å²) in [6, 6.07) is 3.16. The first-order chi connectivity index (χ1) is 25.8. The molecule has 3 saturated carbocycles. The van der Waals surface area contributed by atoms with Crippen molar-refractivity contribution < 1.29 is 4.74 Å². The van der Waals surface area contributed by atoms with E-state index in [4.69, 9.17) is 9.73 Å². The summed E-state index contributed by atoms with van der Waals surface area (Å²) in [5.41, 5.74) is 6.47. The molecule has 0 saturated heterocycles. The van der Waals surface area contributed by atoms with E-state index in [1.165, 1.54) is 108 Å². The lowest BCUT2D eigenvalue weighted by Gasteiger charge is -2.55. The Morgan fingerprint density at radius 1 is 0.827 bits per heavy atom. The summed E-state index contributed by atoms with van der Waals surface area (Å²) in [6.07, 6.45) is 49.2. The first kappa shape index (κ1) is 33.7. The van der Waals surface area contributed by atoms with E-state index in [1.54, 1.807) is 16.7 Å². The molecule has 2 heterocycles. The highest BCUT2D eigenvalue weighted by Gasteiger charge is 2.67. The number of nitrogens with one attached hydrogen (secondary N) is 1. The zero-order valence-electron chi connectivity index (χ0n) is 31.4. The van der Waals surface area contributed by atoms with Crippen LogP contribution in [0.3, 0.4) is 0 Å². The minimum absolute atomic E-state index is 0.00660. The van der Waals surface area contributed by atoms with Crippen molar-refractivity contribution in [3.63, 3.8) is 0 Å². The van der Waals surface area contributed by atoms with Gasteiger partial charge in [0.1, 0.15) is 18.0 Å². The molecule has 0 aromatic heterocycles. The second kappa shape index (κ2) is 14.1. The van der Waals surface area contributed by atoms with Gasteiger partial charge in [0.15, 0.2) is 0 Å². The third-order valence-corrected chi connectivity index (χ3v) is 16.0. The van der Waals surface area contributed by atoms with Gasteiger partial charge in [-0.25, -0.2) is 0 Å². The van der Waals surface area contributed by atoms with Crippen molar-refractivity contribution in [1.29, 1.82) is 5.26 Å². The SMILES string of the molecule is N#CC1C=CC2C3C(=CC=CC3C3=NC(C4CCCCC4)NC(C4C=CCCC4)C3C3=CCCCC3)C3(C4=C(C=CCC4)OC4CCCCC43)C2C1. The number of aliphatic imine (C=N–C) groups is 1. The van der Waals surface area contributed by atoms with E-state index in [2.05, 4.69) is 72.1 Å². The van der Waals surface area contributed by atoms with Crippen LogP contribution in [0.4, 0.5) is 0 Å². The van der Waals surface area contributed by atoms with Crippen LogP contribution in [0.1, 0.15) is 122 Å². The molecule has 0 aromatic rings. The Balaban J connectivity index is 1.15. The van der Waals surface area contributed by atoms with Gasteiger partial charge in [0.25, 0.3) is 0 Å². The average molecular weight is 696 g/mol. The van der Waals surface area contributed by atoms with E-state index in [-0.39, 0.29) is 23.6 Å². The van der Waals surface area contributed by atoms with E-state index >= 15 is 0 Å². The fraction of sp³-hybridized carbons (Fsp3) is 0.667. The molecule has 52 heavy (non-hydrogen) atoms. The number of fused-ring (bicyclic) bond motifs is 8. The topological polar surface area (TPSA) is 57.4 Å². The molecule has 12 unspecified atom stereocenters. The van der Waals surface area contributed by atoms with Crippen molar-refractivity contribution in [2.24, 2.45) is 63.7 Å². The molecule has 10 aliphatic rings. The minimum atomic E-state index is -0.0248. The Hall–Kier alpha value is -2.90. The lowest BCUT2D eigenvalue weighted by Crippen LogP contribution is -2.57. The summed E-state index contributed by atoms with van der Waals surface area (Å²) in [5, 5.41) is 14.8. The smallest absolute Gasteiger partial charge is 0.119 e. The van der Waals surface area contributed by atoms with Gasteiger partial charge in [-0.15, -0.1) is 0 Å². The molecule has 0 bridgehead atoms. The van der Waals surface area contributed by atoms with Crippen LogP contribution >= 0.6 is 0 Å². The molecule has 1 N–H and O–H groups in total. The molecule has 2 aliphatic heterocycles. The molecule has 3 fully saturated rings. The van der Waals surface area contributed by atoms with Crippen LogP contribution in [-0.4, -0.2) is 24.0 Å². The van der Waals surface area contributed by atoms with Crippen molar-refractivity contribution in [2.75, 3.05) is 0 Å². The van der Waals surface area contributed by atoms with Gasteiger partial charge in [-0.2, -0.15) is 5.26 Å². The zero-order chi connectivity index (χ0) is 34.6. The molecule has 274 valence electrons. The van der Waals surface area contributed by atoms with Gasteiger partial charge in [-0.1, -0.05) is 91.5 Å². The maximum Gasteiger partial charge on any atom is 0.119 e. The predicted molar refractivity (Wildman–Crippen MR) is 210 cm³/mol. The highest BCUT2D eigenvalue weighted by molar-refractivity contribution is 5.95. The normalized spacial score (nSPS) is 44.1. The maximum absolute atomic E-state index is 10.4. The average Bonchev–Trinajstić information content (AvgIpc) is 3.51. The quantitative estimate of drug-likeness (QED) is 0.298. The van der Waals surface area contributed by atoms with Crippen LogP contribution in [0.25, 0.3) is 0 Å². The third-order valence-electron chi connectivity index (χ3n) is 16.0. The Labute approximate surface area is 313 Å². The second-order valence-electron chi connectivity index (χ2n) is 18.4. The van der Waals surface area contributed by atoms with Crippen molar-refractivity contribution in [1.82, 2.24) is 5.32 Å². The largest absolute Gasteiger partial charge is 0.490 e.